The number of hydrogen-bond donors (Lipinski definition) is 1. The van der Waals surface area contributed by atoms with E-state index in [1.165, 1.54) is 4.88 Å². The highest BCUT2D eigenvalue weighted by Gasteiger charge is 2.33. The Hall–Kier alpha value is -3.65. The second-order valence-corrected chi connectivity index (χ2v) is 11.7. The highest BCUT2D eigenvalue weighted by molar-refractivity contribution is 7.16. The summed E-state index contributed by atoms with van der Waals surface area (Å²) in [6.45, 7) is 8.90. The molecule has 1 N–H and O–H groups in total. The number of ether oxygens (including phenoxy) is 3. The van der Waals surface area contributed by atoms with Crippen molar-refractivity contribution in [3.05, 3.63) is 69.6 Å². The molecule has 7 nitrogen and oxygen atoms in total. The maximum atomic E-state index is 13.7. The molecule has 0 fully saturated rings. The van der Waals surface area contributed by atoms with Gasteiger partial charge < -0.3 is 19.5 Å². The molecule has 0 saturated heterocycles. The maximum absolute atomic E-state index is 13.7. The Labute approximate surface area is 234 Å². The summed E-state index contributed by atoms with van der Waals surface area (Å²) in [4.78, 5) is 31.7. The number of nitrogens with zero attached hydrogens (tertiary/aromatic N) is 1. The molecule has 2 aromatic carbocycles. The lowest BCUT2D eigenvalue weighted by atomic mass is 9.72. The van der Waals surface area contributed by atoms with Crippen molar-refractivity contribution in [1.29, 1.82) is 0 Å². The number of thiophene rings is 1. The number of anilines is 1. The van der Waals surface area contributed by atoms with Crippen LogP contribution in [0, 0.1) is 11.3 Å². The van der Waals surface area contributed by atoms with E-state index in [4.69, 9.17) is 19.2 Å². The van der Waals surface area contributed by atoms with Gasteiger partial charge in [-0.15, -0.1) is 11.3 Å². The molecule has 1 aliphatic rings. The number of benzene rings is 2. The number of carbonyl (C=O) groups excluding carboxylic acids is 2. The molecule has 4 rings (SSSR count). The van der Waals surface area contributed by atoms with E-state index in [0.717, 1.165) is 30.4 Å². The molecule has 8 heteroatoms. The minimum Gasteiger partial charge on any atom is -0.493 e. The summed E-state index contributed by atoms with van der Waals surface area (Å²) in [5.74, 6) is 1.13. The van der Waals surface area contributed by atoms with Crippen LogP contribution in [0.15, 0.2) is 47.5 Å². The first-order chi connectivity index (χ1) is 18.7. The summed E-state index contributed by atoms with van der Waals surface area (Å²) in [6.07, 6.45) is 4.51. The lowest BCUT2D eigenvalue weighted by molar-refractivity contribution is 0.0526. The van der Waals surface area contributed by atoms with E-state index >= 15 is 0 Å². The Bertz CT molecular complexity index is 1370. The fourth-order valence-electron chi connectivity index (χ4n) is 4.88. The Morgan fingerprint density at radius 3 is 2.49 bits per heavy atom. The van der Waals surface area contributed by atoms with Gasteiger partial charge >= 0.3 is 5.97 Å². The number of aliphatic imine (C=N–C) groups is 1. The lowest BCUT2D eigenvalue weighted by Gasteiger charge is -2.33. The van der Waals surface area contributed by atoms with Gasteiger partial charge in [-0.25, -0.2) is 9.79 Å². The van der Waals surface area contributed by atoms with Crippen LogP contribution in [-0.4, -0.2) is 38.9 Å². The fraction of sp³-hybridized carbons (Fsp3) is 0.387. The summed E-state index contributed by atoms with van der Waals surface area (Å²) < 4.78 is 16.0. The third-order valence-electron chi connectivity index (χ3n) is 7.11. The number of carbonyl (C=O) groups is 2. The van der Waals surface area contributed by atoms with Crippen LogP contribution in [0.5, 0.6) is 11.5 Å². The standard InChI is InChI=1S/C31H36N2O5S/c1-7-38-30(35)19-11-14-22(15-12-19)33-28(34)26-23-16-13-21(31(2,3)4)17-25(23)39-29(26)32-18-20-9-8-10-24(36-5)27(20)37-6/h8-12,14-15,18,21H,7,13,16-17H2,1-6H3,(H,33,34). The first kappa shape index (κ1) is 28.4. The number of nitrogens with one attached hydrogen (secondary N) is 1. The summed E-state index contributed by atoms with van der Waals surface area (Å²) in [6, 6.07) is 12.3. The van der Waals surface area contributed by atoms with Crippen molar-refractivity contribution in [2.24, 2.45) is 16.3 Å². The van der Waals surface area contributed by atoms with Crippen molar-refractivity contribution in [2.75, 3.05) is 26.1 Å². The number of rotatable bonds is 8. The minimum atomic E-state index is -0.389. The summed E-state index contributed by atoms with van der Waals surface area (Å²) in [5.41, 5.74) is 3.66. The SMILES string of the molecule is CCOC(=O)c1ccc(NC(=O)c2c(N=Cc3cccc(OC)c3OC)sc3c2CCC(C(C)(C)C)C3)cc1. The van der Waals surface area contributed by atoms with Crippen molar-refractivity contribution in [3.63, 3.8) is 0 Å². The number of fused-ring (bicyclic) bond motifs is 1. The molecule has 0 spiro atoms. The molecule has 1 atom stereocenters. The third kappa shape index (κ3) is 6.33. The molecule has 3 aromatic rings. The van der Waals surface area contributed by atoms with Crippen LogP contribution < -0.4 is 14.8 Å². The minimum absolute atomic E-state index is 0.183. The van der Waals surface area contributed by atoms with Crippen LogP contribution in [0.1, 0.15) is 70.8 Å². The maximum Gasteiger partial charge on any atom is 0.338 e. The van der Waals surface area contributed by atoms with Crippen molar-refractivity contribution in [1.82, 2.24) is 0 Å². The van der Waals surface area contributed by atoms with Crippen molar-refractivity contribution >= 4 is 40.1 Å². The highest BCUT2D eigenvalue weighted by Crippen LogP contribution is 2.45. The predicted molar refractivity (Wildman–Crippen MR) is 156 cm³/mol. The molecule has 0 aliphatic heterocycles. The molecular formula is C31H36N2O5S. The van der Waals surface area contributed by atoms with Gasteiger partial charge in [0.1, 0.15) is 5.00 Å². The van der Waals surface area contributed by atoms with Crippen LogP contribution >= 0.6 is 11.3 Å². The Balaban J connectivity index is 1.68. The zero-order valence-electron chi connectivity index (χ0n) is 23.4. The Morgan fingerprint density at radius 1 is 1.10 bits per heavy atom. The van der Waals surface area contributed by atoms with E-state index in [2.05, 4.69) is 26.1 Å². The zero-order chi connectivity index (χ0) is 28.2. The van der Waals surface area contributed by atoms with Gasteiger partial charge in [0.15, 0.2) is 11.5 Å². The van der Waals surface area contributed by atoms with Gasteiger partial charge in [0.2, 0.25) is 0 Å². The van der Waals surface area contributed by atoms with E-state index in [1.54, 1.807) is 63.0 Å². The lowest BCUT2D eigenvalue weighted by Crippen LogP contribution is -2.27. The highest BCUT2D eigenvalue weighted by atomic mass is 32.1. The fourth-order valence-corrected chi connectivity index (χ4v) is 6.14. The summed E-state index contributed by atoms with van der Waals surface area (Å²) >= 11 is 1.58. The number of para-hydroxylation sites is 1. The largest absolute Gasteiger partial charge is 0.493 e. The summed E-state index contributed by atoms with van der Waals surface area (Å²) in [5, 5.41) is 3.68. The average molecular weight is 549 g/mol. The predicted octanol–water partition coefficient (Wildman–Crippen LogP) is 7.10. The van der Waals surface area contributed by atoms with Crippen LogP contribution in [0.4, 0.5) is 10.7 Å². The first-order valence-electron chi connectivity index (χ1n) is 13.1. The Morgan fingerprint density at radius 2 is 1.85 bits per heavy atom. The molecule has 1 amide bonds. The van der Waals surface area contributed by atoms with Gasteiger partial charge in [0.05, 0.1) is 32.0 Å². The van der Waals surface area contributed by atoms with Crippen LogP contribution in [0.3, 0.4) is 0 Å². The van der Waals surface area contributed by atoms with Crippen LogP contribution in [-0.2, 0) is 17.6 Å². The van der Waals surface area contributed by atoms with E-state index in [-0.39, 0.29) is 17.3 Å². The zero-order valence-corrected chi connectivity index (χ0v) is 24.2. The topological polar surface area (TPSA) is 86.2 Å². The van der Waals surface area contributed by atoms with E-state index in [9.17, 15) is 9.59 Å². The number of amides is 1. The summed E-state index contributed by atoms with van der Waals surface area (Å²) in [7, 11) is 3.19. The number of esters is 1. The van der Waals surface area contributed by atoms with E-state index < -0.39 is 0 Å². The smallest absolute Gasteiger partial charge is 0.338 e. The van der Waals surface area contributed by atoms with Gasteiger partial charge in [-0.3, -0.25) is 4.79 Å². The van der Waals surface area contributed by atoms with Gasteiger partial charge in [0.25, 0.3) is 5.91 Å². The van der Waals surface area contributed by atoms with E-state index in [1.807, 2.05) is 18.2 Å². The van der Waals surface area contributed by atoms with Gasteiger partial charge in [-0.2, -0.15) is 0 Å². The molecule has 0 saturated carbocycles. The van der Waals surface area contributed by atoms with E-state index in [0.29, 0.717) is 45.8 Å². The van der Waals surface area contributed by atoms with Gasteiger partial charge in [-0.1, -0.05) is 26.8 Å². The molecule has 1 aromatic heterocycles. The first-order valence-corrected chi connectivity index (χ1v) is 14.0. The Kier molecular flexibility index (Phi) is 8.75. The van der Waals surface area contributed by atoms with Crippen molar-refractivity contribution in [2.45, 2.75) is 47.0 Å². The van der Waals surface area contributed by atoms with Gasteiger partial charge in [0, 0.05) is 22.3 Å². The second-order valence-electron chi connectivity index (χ2n) is 10.6. The molecule has 0 radical (unpaired) electrons. The molecular weight excluding hydrogens is 512 g/mol. The molecule has 206 valence electrons. The number of methoxy groups -OCH3 is 2. The molecule has 39 heavy (non-hydrogen) atoms. The monoisotopic (exact) mass is 548 g/mol. The van der Waals surface area contributed by atoms with Crippen molar-refractivity contribution in [3.8, 4) is 11.5 Å². The average Bonchev–Trinajstić information content (AvgIpc) is 3.29. The molecule has 1 heterocycles. The quantitative estimate of drug-likeness (QED) is 0.240. The van der Waals surface area contributed by atoms with Crippen LogP contribution in [0.25, 0.3) is 0 Å². The second kappa shape index (κ2) is 12.0. The molecule has 1 unspecified atom stereocenters. The van der Waals surface area contributed by atoms with Gasteiger partial charge in [-0.05, 0) is 79.5 Å². The third-order valence-corrected chi connectivity index (χ3v) is 8.27. The van der Waals surface area contributed by atoms with Crippen molar-refractivity contribution < 1.29 is 23.8 Å². The number of hydrogen-bond acceptors (Lipinski definition) is 7. The molecule has 0 bridgehead atoms. The van der Waals surface area contributed by atoms with Crippen LogP contribution in [0.2, 0.25) is 0 Å². The molecule has 1 aliphatic carbocycles. The normalized spacial score (nSPS) is 15.1.